The van der Waals surface area contributed by atoms with Gasteiger partial charge in [0.25, 0.3) is 0 Å². The van der Waals surface area contributed by atoms with Crippen molar-refractivity contribution < 1.29 is 9.47 Å². The number of hydrogen-bond acceptors (Lipinski definition) is 4. The van der Waals surface area contributed by atoms with Gasteiger partial charge in [0.1, 0.15) is 0 Å². The topological polar surface area (TPSA) is 47.7 Å². The molecule has 0 bridgehead atoms. The molecule has 1 aliphatic carbocycles. The summed E-state index contributed by atoms with van der Waals surface area (Å²) in [5.41, 5.74) is 8.64. The van der Waals surface area contributed by atoms with Crippen LogP contribution in [0.3, 0.4) is 0 Å². The molecule has 0 aromatic heterocycles. The summed E-state index contributed by atoms with van der Waals surface area (Å²) in [5.74, 6) is 1.66. The van der Waals surface area contributed by atoms with E-state index in [1.165, 1.54) is 11.1 Å². The minimum absolute atomic E-state index is 0.414. The molecule has 1 aromatic carbocycles. The second-order valence-corrected chi connectivity index (χ2v) is 5.58. The Balaban J connectivity index is 1.80. The molecule has 0 unspecified atom stereocenters. The van der Waals surface area contributed by atoms with E-state index in [2.05, 4.69) is 17.0 Å². The average Bonchev–Trinajstić information content (AvgIpc) is 2.41. The van der Waals surface area contributed by atoms with Crippen LogP contribution < -0.4 is 15.2 Å². The summed E-state index contributed by atoms with van der Waals surface area (Å²) in [4.78, 5) is 2.55. The summed E-state index contributed by atoms with van der Waals surface area (Å²) in [7, 11) is 3.38. The van der Waals surface area contributed by atoms with Gasteiger partial charge in [0.05, 0.1) is 14.2 Å². The first-order valence-electron chi connectivity index (χ1n) is 6.94. The lowest BCUT2D eigenvalue weighted by molar-refractivity contribution is 0.0974. The van der Waals surface area contributed by atoms with Gasteiger partial charge in [-0.3, -0.25) is 4.90 Å². The molecule has 0 radical (unpaired) electrons. The Morgan fingerprint density at radius 3 is 2.32 bits per heavy atom. The maximum atomic E-state index is 5.89. The highest BCUT2D eigenvalue weighted by molar-refractivity contribution is 5.48. The van der Waals surface area contributed by atoms with Gasteiger partial charge in [0.2, 0.25) is 0 Å². The smallest absolute Gasteiger partial charge is 0.161 e. The van der Waals surface area contributed by atoms with Crippen LogP contribution in [0.25, 0.3) is 0 Å². The van der Waals surface area contributed by atoms with Crippen molar-refractivity contribution in [2.24, 2.45) is 5.73 Å². The Morgan fingerprint density at radius 2 is 1.74 bits per heavy atom. The predicted molar refractivity (Wildman–Crippen MR) is 74.7 cm³/mol. The minimum atomic E-state index is 0.414. The van der Waals surface area contributed by atoms with Crippen molar-refractivity contribution in [2.45, 2.75) is 37.9 Å². The van der Waals surface area contributed by atoms with Gasteiger partial charge in [-0.05, 0) is 42.5 Å². The monoisotopic (exact) mass is 262 g/mol. The minimum Gasteiger partial charge on any atom is -0.493 e. The molecule has 1 heterocycles. The van der Waals surface area contributed by atoms with Gasteiger partial charge in [-0.25, -0.2) is 0 Å². The van der Waals surface area contributed by atoms with Crippen molar-refractivity contribution in [1.29, 1.82) is 0 Å². The molecule has 0 atom stereocenters. The standard InChI is InChI=1S/C15H22N2O2/c1-18-14-5-10-3-4-17(13-7-12(16)8-13)9-11(10)6-15(14)19-2/h5-6,12-13H,3-4,7-9,16H2,1-2H3. The number of nitrogens with two attached hydrogens (primary N) is 1. The summed E-state index contributed by atoms with van der Waals surface area (Å²) in [6.45, 7) is 2.13. The molecular weight excluding hydrogens is 240 g/mol. The first-order valence-corrected chi connectivity index (χ1v) is 6.94. The highest BCUT2D eigenvalue weighted by Crippen LogP contribution is 2.35. The van der Waals surface area contributed by atoms with Crippen LogP contribution in [0.1, 0.15) is 24.0 Å². The summed E-state index contributed by atoms with van der Waals surface area (Å²) >= 11 is 0. The molecule has 1 aliphatic heterocycles. The largest absolute Gasteiger partial charge is 0.493 e. The zero-order chi connectivity index (χ0) is 13.4. The Kier molecular flexibility index (Phi) is 3.37. The Hall–Kier alpha value is -1.26. The molecule has 3 rings (SSSR count). The second kappa shape index (κ2) is 5.02. The van der Waals surface area contributed by atoms with Crippen molar-refractivity contribution in [2.75, 3.05) is 20.8 Å². The number of ether oxygens (including phenoxy) is 2. The molecule has 104 valence electrons. The molecular formula is C15H22N2O2. The molecule has 0 saturated heterocycles. The van der Waals surface area contributed by atoms with Gasteiger partial charge in [-0.1, -0.05) is 0 Å². The lowest BCUT2D eigenvalue weighted by Gasteiger charge is -2.43. The number of methoxy groups -OCH3 is 2. The fraction of sp³-hybridized carbons (Fsp3) is 0.600. The maximum absolute atomic E-state index is 5.89. The van der Waals surface area contributed by atoms with Crippen molar-refractivity contribution in [3.63, 3.8) is 0 Å². The fourth-order valence-electron chi connectivity index (χ4n) is 3.14. The third kappa shape index (κ3) is 2.30. The van der Waals surface area contributed by atoms with Crippen LogP contribution in [0, 0.1) is 0 Å². The van der Waals surface area contributed by atoms with E-state index >= 15 is 0 Å². The quantitative estimate of drug-likeness (QED) is 0.898. The SMILES string of the molecule is COc1cc2c(cc1OC)CN(C1CC(N)C1)CC2. The van der Waals surface area contributed by atoms with E-state index in [9.17, 15) is 0 Å². The summed E-state index contributed by atoms with van der Waals surface area (Å²) in [5, 5.41) is 0. The summed E-state index contributed by atoms with van der Waals surface area (Å²) in [6.07, 6.45) is 3.37. The van der Waals surface area contributed by atoms with Gasteiger partial charge in [0.15, 0.2) is 11.5 Å². The zero-order valence-corrected chi connectivity index (χ0v) is 11.7. The Labute approximate surface area is 114 Å². The third-order valence-corrected chi connectivity index (χ3v) is 4.41. The van der Waals surface area contributed by atoms with E-state index in [1.54, 1.807) is 14.2 Å². The molecule has 2 aliphatic rings. The highest BCUT2D eigenvalue weighted by atomic mass is 16.5. The maximum Gasteiger partial charge on any atom is 0.161 e. The van der Waals surface area contributed by atoms with E-state index in [4.69, 9.17) is 15.2 Å². The molecule has 4 nitrogen and oxygen atoms in total. The number of nitrogens with zero attached hydrogens (tertiary/aromatic N) is 1. The summed E-state index contributed by atoms with van der Waals surface area (Å²) in [6, 6.07) is 5.34. The van der Waals surface area contributed by atoms with Crippen LogP contribution in [-0.4, -0.2) is 37.7 Å². The lowest BCUT2D eigenvalue weighted by atomic mass is 9.84. The molecule has 2 N–H and O–H groups in total. The first kappa shape index (κ1) is 12.8. The molecule has 1 aromatic rings. The van der Waals surface area contributed by atoms with E-state index in [-0.39, 0.29) is 0 Å². The number of hydrogen-bond donors (Lipinski definition) is 1. The predicted octanol–water partition coefficient (Wildman–Crippen LogP) is 1.55. The van der Waals surface area contributed by atoms with E-state index in [1.807, 2.05) is 0 Å². The van der Waals surface area contributed by atoms with E-state index in [0.29, 0.717) is 12.1 Å². The average molecular weight is 262 g/mol. The van der Waals surface area contributed by atoms with Gasteiger partial charge >= 0.3 is 0 Å². The highest BCUT2D eigenvalue weighted by Gasteiger charge is 2.33. The first-order chi connectivity index (χ1) is 9.21. The zero-order valence-electron chi connectivity index (χ0n) is 11.7. The van der Waals surface area contributed by atoms with Crippen molar-refractivity contribution in [1.82, 2.24) is 4.90 Å². The van der Waals surface area contributed by atoms with Crippen LogP contribution in [0.5, 0.6) is 11.5 Å². The second-order valence-electron chi connectivity index (χ2n) is 5.58. The Morgan fingerprint density at radius 1 is 1.11 bits per heavy atom. The Bertz CT molecular complexity index is 469. The number of fused-ring (bicyclic) bond motifs is 1. The molecule has 0 spiro atoms. The molecule has 1 fully saturated rings. The van der Waals surface area contributed by atoms with Gasteiger partial charge in [-0.15, -0.1) is 0 Å². The molecule has 19 heavy (non-hydrogen) atoms. The third-order valence-electron chi connectivity index (χ3n) is 4.41. The normalized spacial score (nSPS) is 26.5. The van der Waals surface area contributed by atoms with Crippen molar-refractivity contribution in [3.8, 4) is 11.5 Å². The van der Waals surface area contributed by atoms with Gasteiger partial charge in [-0.2, -0.15) is 0 Å². The van der Waals surface area contributed by atoms with Crippen LogP contribution in [0.4, 0.5) is 0 Å². The van der Waals surface area contributed by atoms with Crippen molar-refractivity contribution >= 4 is 0 Å². The lowest BCUT2D eigenvalue weighted by Crippen LogP contribution is -2.51. The van der Waals surface area contributed by atoms with Crippen LogP contribution in [0.15, 0.2) is 12.1 Å². The van der Waals surface area contributed by atoms with Crippen LogP contribution >= 0.6 is 0 Å². The van der Waals surface area contributed by atoms with E-state index in [0.717, 1.165) is 43.9 Å². The van der Waals surface area contributed by atoms with Crippen LogP contribution in [0.2, 0.25) is 0 Å². The summed E-state index contributed by atoms with van der Waals surface area (Å²) < 4.78 is 10.8. The van der Waals surface area contributed by atoms with Crippen LogP contribution in [-0.2, 0) is 13.0 Å². The number of rotatable bonds is 3. The molecule has 4 heteroatoms. The van der Waals surface area contributed by atoms with E-state index < -0.39 is 0 Å². The number of benzene rings is 1. The van der Waals surface area contributed by atoms with Gasteiger partial charge in [0, 0.05) is 25.2 Å². The fourth-order valence-corrected chi connectivity index (χ4v) is 3.14. The molecule has 0 amide bonds. The van der Waals surface area contributed by atoms with Crippen molar-refractivity contribution in [3.05, 3.63) is 23.3 Å². The molecule has 1 saturated carbocycles. The van der Waals surface area contributed by atoms with Gasteiger partial charge < -0.3 is 15.2 Å².